The number of carbonyl (C=O) groups is 2. The molecule has 1 aromatic carbocycles. The summed E-state index contributed by atoms with van der Waals surface area (Å²) in [5, 5.41) is 13.8. The molecule has 3 rings (SSSR count). The minimum atomic E-state index is -0.937. The van der Waals surface area contributed by atoms with E-state index in [1.54, 1.807) is 24.8 Å². The van der Waals surface area contributed by atoms with Crippen LogP contribution in [0.1, 0.15) is 37.2 Å². The van der Waals surface area contributed by atoms with Crippen LogP contribution < -0.4 is 5.32 Å². The molecule has 24 heavy (non-hydrogen) atoms. The number of hydrogen-bond donors (Lipinski definition) is 3. The van der Waals surface area contributed by atoms with Crippen molar-refractivity contribution in [3.8, 4) is 0 Å². The average molecular weight is 329 g/mol. The summed E-state index contributed by atoms with van der Waals surface area (Å²) in [6.07, 6.45) is 1.65. The molecule has 0 aliphatic carbocycles. The standard InChI is InChI=1S/C18H23N3O3/c1-18(2,24)15-8-5-9-21(15)16(22)11-19-17(23)14-10-12-6-3-4-7-13(12)20-14/h3-4,6-7,10,15,20,24H,5,8-9,11H2,1-2H3,(H,19,23). The molecule has 1 atom stereocenters. The minimum absolute atomic E-state index is 0.0687. The van der Waals surface area contributed by atoms with Crippen molar-refractivity contribution in [2.24, 2.45) is 0 Å². The molecule has 1 unspecified atom stereocenters. The van der Waals surface area contributed by atoms with Crippen molar-refractivity contribution in [1.82, 2.24) is 15.2 Å². The van der Waals surface area contributed by atoms with E-state index < -0.39 is 5.60 Å². The van der Waals surface area contributed by atoms with Crippen LogP contribution in [0.5, 0.6) is 0 Å². The number of fused-ring (bicyclic) bond motifs is 1. The SMILES string of the molecule is CC(C)(O)C1CCCN1C(=O)CNC(=O)c1cc2ccccc2[nH]1. The lowest BCUT2D eigenvalue weighted by molar-refractivity contribution is -0.135. The van der Waals surface area contributed by atoms with Gasteiger partial charge in [-0.15, -0.1) is 0 Å². The van der Waals surface area contributed by atoms with Crippen LogP contribution in [0.25, 0.3) is 10.9 Å². The summed E-state index contributed by atoms with van der Waals surface area (Å²) in [4.78, 5) is 29.4. The Kier molecular flexibility index (Phi) is 4.32. The molecule has 2 aromatic rings. The van der Waals surface area contributed by atoms with Gasteiger partial charge in [-0.2, -0.15) is 0 Å². The lowest BCUT2D eigenvalue weighted by atomic mass is 9.96. The van der Waals surface area contributed by atoms with Gasteiger partial charge in [0.05, 0.1) is 18.2 Å². The van der Waals surface area contributed by atoms with Crippen LogP contribution in [0.15, 0.2) is 30.3 Å². The van der Waals surface area contributed by atoms with Crippen molar-refractivity contribution in [3.05, 3.63) is 36.0 Å². The Morgan fingerprint density at radius 3 is 2.83 bits per heavy atom. The molecule has 0 bridgehead atoms. The number of H-pyrrole nitrogens is 1. The number of benzene rings is 1. The Morgan fingerprint density at radius 1 is 1.38 bits per heavy atom. The van der Waals surface area contributed by atoms with Crippen molar-refractivity contribution in [1.29, 1.82) is 0 Å². The molecule has 128 valence electrons. The molecule has 1 fully saturated rings. The van der Waals surface area contributed by atoms with Crippen LogP contribution in [0, 0.1) is 0 Å². The summed E-state index contributed by atoms with van der Waals surface area (Å²) in [5.41, 5.74) is 0.382. The summed E-state index contributed by atoms with van der Waals surface area (Å²) >= 11 is 0. The van der Waals surface area contributed by atoms with Gasteiger partial charge < -0.3 is 20.3 Å². The number of nitrogens with zero attached hydrogens (tertiary/aromatic N) is 1. The first-order valence-electron chi connectivity index (χ1n) is 8.24. The van der Waals surface area contributed by atoms with Gasteiger partial charge in [-0.05, 0) is 38.8 Å². The molecule has 0 spiro atoms. The van der Waals surface area contributed by atoms with Crippen LogP contribution in [-0.2, 0) is 4.79 Å². The number of carbonyl (C=O) groups excluding carboxylic acids is 2. The topological polar surface area (TPSA) is 85.4 Å². The number of aromatic amines is 1. The Labute approximate surface area is 140 Å². The van der Waals surface area contributed by atoms with Gasteiger partial charge in [0.1, 0.15) is 5.69 Å². The Balaban J connectivity index is 1.62. The zero-order chi connectivity index (χ0) is 17.3. The predicted molar refractivity (Wildman–Crippen MR) is 91.7 cm³/mol. The summed E-state index contributed by atoms with van der Waals surface area (Å²) in [6.45, 7) is 3.98. The van der Waals surface area contributed by atoms with Gasteiger partial charge in [0.25, 0.3) is 5.91 Å². The van der Waals surface area contributed by atoms with Crippen molar-refractivity contribution in [3.63, 3.8) is 0 Å². The minimum Gasteiger partial charge on any atom is -0.388 e. The van der Waals surface area contributed by atoms with Gasteiger partial charge in [0.2, 0.25) is 5.91 Å². The lowest BCUT2D eigenvalue weighted by Crippen LogP contribution is -2.50. The molecular weight excluding hydrogens is 306 g/mol. The van der Waals surface area contributed by atoms with E-state index in [1.807, 2.05) is 24.3 Å². The highest BCUT2D eigenvalue weighted by atomic mass is 16.3. The second-order valence-electron chi connectivity index (χ2n) is 6.85. The van der Waals surface area contributed by atoms with Gasteiger partial charge in [-0.25, -0.2) is 0 Å². The maximum absolute atomic E-state index is 12.4. The molecule has 6 heteroatoms. The molecule has 2 amide bonds. The quantitative estimate of drug-likeness (QED) is 0.797. The zero-order valence-electron chi connectivity index (χ0n) is 14.0. The van der Waals surface area contributed by atoms with E-state index >= 15 is 0 Å². The van der Waals surface area contributed by atoms with E-state index in [0.717, 1.165) is 23.7 Å². The molecule has 0 saturated carbocycles. The van der Waals surface area contributed by atoms with Crippen LogP contribution in [0.2, 0.25) is 0 Å². The van der Waals surface area contributed by atoms with Crippen molar-refractivity contribution < 1.29 is 14.7 Å². The summed E-state index contributed by atoms with van der Waals surface area (Å²) in [5.74, 6) is -0.470. The third-order valence-corrected chi connectivity index (χ3v) is 4.56. The summed E-state index contributed by atoms with van der Waals surface area (Å²) in [7, 11) is 0. The van der Waals surface area contributed by atoms with Gasteiger partial charge in [-0.1, -0.05) is 18.2 Å². The molecule has 1 saturated heterocycles. The van der Waals surface area contributed by atoms with E-state index in [0.29, 0.717) is 12.2 Å². The fraction of sp³-hybridized carbons (Fsp3) is 0.444. The molecule has 1 aliphatic rings. The third kappa shape index (κ3) is 3.28. The van der Waals surface area contributed by atoms with Gasteiger partial charge >= 0.3 is 0 Å². The van der Waals surface area contributed by atoms with Crippen LogP contribution in [-0.4, -0.2) is 51.5 Å². The van der Waals surface area contributed by atoms with Crippen molar-refractivity contribution in [2.75, 3.05) is 13.1 Å². The van der Waals surface area contributed by atoms with Gasteiger partial charge in [-0.3, -0.25) is 9.59 Å². The van der Waals surface area contributed by atoms with E-state index in [9.17, 15) is 14.7 Å². The number of para-hydroxylation sites is 1. The number of likely N-dealkylation sites (tertiary alicyclic amines) is 1. The summed E-state index contributed by atoms with van der Waals surface area (Å²) < 4.78 is 0. The Bertz CT molecular complexity index is 727. The Morgan fingerprint density at radius 2 is 2.12 bits per heavy atom. The first kappa shape index (κ1) is 16.5. The fourth-order valence-corrected chi connectivity index (χ4v) is 3.35. The third-order valence-electron chi connectivity index (χ3n) is 4.56. The number of aromatic nitrogens is 1. The highest BCUT2D eigenvalue weighted by Crippen LogP contribution is 2.26. The summed E-state index contributed by atoms with van der Waals surface area (Å²) in [6, 6.07) is 9.20. The average Bonchev–Trinajstić information content (AvgIpc) is 3.17. The molecule has 1 aromatic heterocycles. The van der Waals surface area contributed by atoms with Gasteiger partial charge in [0.15, 0.2) is 0 Å². The van der Waals surface area contributed by atoms with Gasteiger partial charge in [0, 0.05) is 17.4 Å². The molecule has 0 radical (unpaired) electrons. The fourth-order valence-electron chi connectivity index (χ4n) is 3.35. The van der Waals surface area contributed by atoms with Crippen LogP contribution >= 0.6 is 0 Å². The van der Waals surface area contributed by atoms with Crippen molar-refractivity contribution in [2.45, 2.75) is 38.3 Å². The predicted octanol–water partition coefficient (Wildman–Crippen LogP) is 1.66. The lowest BCUT2D eigenvalue weighted by Gasteiger charge is -2.33. The monoisotopic (exact) mass is 329 g/mol. The van der Waals surface area contributed by atoms with E-state index in [1.165, 1.54) is 0 Å². The van der Waals surface area contributed by atoms with Crippen molar-refractivity contribution >= 4 is 22.7 Å². The van der Waals surface area contributed by atoms with E-state index in [4.69, 9.17) is 0 Å². The Hall–Kier alpha value is -2.34. The number of aliphatic hydroxyl groups is 1. The largest absolute Gasteiger partial charge is 0.388 e. The van der Waals surface area contributed by atoms with E-state index in [2.05, 4.69) is 10.3 Å². The number of hydrogen-bond acceptors (Lipinski definition) is 3. The molecule has 3 N–H and O–H groups in total. The van der Waals surface area contributed by atoms with E-state index in [-0.39, 0.29) is 24.4 Å². The maximum atomic E-state index is 12.4. The maximum Gasteiger partial charge on any atom is 0.268 e. The molecule has 2 heterocycles. The second-order valence-corrected chi connectivity index (χ2v) is 6.85. The molecular formula is C18H23N3O3. The number of rotatable bonds is 4. The number of amides is 2. The van der Waals surface area contributed by atoms with Crippen LogP contribution in [0.3, 0.4) is 0 Å². The van der Waals surface area contributed by atoms with Crippen LogP contribution in [0.4, 0.5) is 0 Å². The molecule has 6 nitrogen and oxygen atoms in total. The first-order valence-corrected chi connectivity index (χ1v) is 8.24. The highest BCUT2D eigenvalue weighted by molar-refractivity contribution is 5.99. The highest BCUT2D eigenvalue weighted by Gasteiger charge is 2.38. The smallest absolute Gasteiger partial charge is 0.268 e. The number of nitrogens with one attached hydrogen (secondary N) is 2. The second kappa shape index (κ2) is 6.28. The molecule has 1 aliphatic heterocycles. The first-order chi connectivity index (χ1) is 11.4. The zero-order valence-corrected chi connectivity index (χ0v) is 14.0. The normalized spacial score (nSPS) is 18.1.